The fraction of sp³-hybridized carbons (Fsp3) is 0.375. The Morgan fingerprint density at radius 1 is 1.25 bits per heavy atom. The van der Waals surface area contributed by atoms with Gasteiger partial charge < -0.3 is 15.1 Å². The van der Waals surface area contributed by atoms with Crippen LogP contribution in [0.1, 0.15) is 5.69 Å². The van der Waals surface area contributed by atoms with Crippen molar-refractivity contribution in [3.05, 3.63) is 30.1 Å². The van der Waals surface area contributed by atoms with Gasteiger partial charge in [0.1, 0.15) is 5.52 Å². The summed E-state index contributed by atoms with van der Waals surface area (Å²) in [5.41, 5.74) is 1.61. The van der Waals surface area contributed by atoms with Gasteiger partial charge >= 0.3 is 12.1 Å². The summed E-state index contributed by atoms with van der Waals surface area (Å²) in [5.74, 6) is -0.344. The Morgan fingerprint density at radius 2 is 2.00 bits per heavy atom. The van der Waals surface area contributed by atoms with Gasteiger partial charge in [0.25, 0.3) is 0 Å². The number of carbonyl (C=O) groups is 1. The van der Waals surface area contributed by atoms with Crippen molar-refractivity contribution in [2.45, 2.75) is 13.1 Å². The van der Waals surface area contributed by atoms with Crippen molar-refractivity contribution in [3.63, 3.8) is 0 Å². The highest BCUT2D eigenvalue weighted by Crippen LogP contribution is 2.24. The minimum absolute atomic E-state index is 0.0489. The summed E-state index contributed by atoms with van der Waals surface area (Å²) in [4.78, 5) is 18.5. The number of carbonyl (C=O) groups excluding carboxylic acids is 1. The molecule has 1 fully saturated rings. The third kappa shape index (κ3) is 3.44. The number of aromatic amines is 1. The van der Waals surface area contributed by atoms with Gasteiger partial charge in [0, 0.05) is 44.1 Å². The van der Waals surface area contributed by atoms with Crippen LogP contribution < -0.4 is 10.2 Å². The highest BCUT2D eigenvalue weighted by Gasteiger charge is 2.43. The van der Waals surface area contributed by atoms with Gasteiger partial charge in [0.2, 0.25) is 5.95 Å². The molecule has 0 aromatic carbocycles. The zero-order valence-corrected chi connectivity index (χ0v) is 14.9. The van der Waals surface area contributed by atoms with Crippen LogP contribution in [0.5, 0.6) is 0 Å². The van der Waals surface area contributed by atoms with Crippen LogP contribution in [-0.2, 0) is 4.79 Å². The van der Waals surface area contributed by atoms with Crippen LogP contribution in [-0.4, -0.2) is 68.0 Å². The van der Waals surface area contributed by atoms with Crippen molar-refractivity contribution < 1.29 is 18.0 Å². The Labute approximate surface area is 157 Å². The molecule has 0 radical (unpaired) electrons. The van der Waals surface area contributed by atoms with Gasteiger partial charge in [-0.3, -0.25) is 9.89 Å². The van der Waals surface area contributed by atoms with Crippen LogP contribution in [0.3, 0.4) is 0 Å². The van der Waals surface area contributed by atoms with Crippen LogP contribution in [0.15, 0.2) is 24.4 Å². The minimum Gasteiger partial charge on any atom is -0.336 e. The second-order valence-electron chi connectivity index (χ2n) is 6.44. The molecule has 0 unspecified atom stereocenters. The first-order chi connectivity index (χ1) is 13.3. The largest absolute Gasteiger partial charge is 0.471 e. The Kier molecular flexibility index (Phi) is 4.32. The van der Waals surface area contributed by atoms with E-state index in [0.717, 1.165) is 16.1 Å². The number of fused-ring (bicyclic) bond motifs is 1. The monoisotopic (exact) mass is 394 g/mol. The lowest BCUT2D eigenvalue weighted by Gasteiger charge is -2.34. The van der Waals surface area contributed by atoms with Gasteiger partial charge in [-0.2, -0.15) is 23.3 Å². The third-order valence-corrected chi connectivity index (χ3v) is 4.42. The van der Waals surface area contributed by atoms with Crippen molar-refractivity contribution in [1.82, 2.24) is 29.7 Å². The predicted molar refractivity (Wildman–Crippen MR) is 94.4 cm³/mol. The van der Waals surface area contributed by atoms with E-state index in [0.29, 0.717) is 17.6 Å². The third-order valence-electron chi connectivity index (χ3n) is 4.42. The maximum atomic E-state index is 12.6. The number of H-pyrrole nitrogens is 1. The second kappa shape index (κ2) is 6.69. The van der Waals surface area contributed by atoms with E-state index < -0.39 is 12.1 Å². The molecule has 1 amide bonds. The van der Waals surface area contributed by atoms with Crippen LogP contribution in [0.25, 0.3) is 5.52 Å². The van der Waals surface area contributed by atoms with E-state index in [9.17, 15) is 18.0 Å². The summed E-state index contributed by atoms with van der Waals surface area (Å²) in [6.45, 7) is 2.18. The zero-order chi connectivity index (χ0) is 19.9. The number of rotatable bonds is 3. The number of aromatic nitrogens is 5. The normalized spacial score (nSPS) is 15.3. The Bertz CT molecular complexity index is 1000. The maximum absolute atomic E-state index is 12.6. The predicted octanol–water partition coefficient (Wildman–Crippen LogP) is 1.72. The SMILES string of the molecule is Cc1cc(Nc2nc(N3CCN(C(=O)C(F)(F)F)CC3)nn3cccc23)n[nH]1. The molecule has 3 aromatic heterocycles. The van der Waals surface area contributed by atoms with Gasteiger partial charge in [-0.15, -0.1) is 5.10 Å². The van der Waals surface area contributed by atoms with Crippen molar-refractivity contribution in [2.75, 3.05) is 36.4 Å². The number of hydrogen-bond acceptors (Lipinski definition) is 6. The van der Waals surface area contributed by atoms with Crippen molar-refractivity contribution in [1.29, 1.82) is 0 Å². The number of piperazine rings is 1. The standard InChI is InChI=1S/C16H17F3N8O/c1-10-9-12(23-22-10)20-13-11-3-2-4-27(11)24-15(21-13)26-7-5-25(6-8-26)14(28)16(17,18)19/h2-4,9H,5-8H2,1H3,(H2,20,21,22,23,24). The number of aryl methyl sites for hydroxylation is 1. The molecule has 1 aliphatic rings. The molecule has 12 heteroatoms. The van der Waals surface area contributed by atoms with E-state index in [2.05, 4.69) is 25.6 Å². The van der Waals surface area contributed by atoms with Crippen molar-refractivity contribution >= 4 is 29.0 Å². The number of hydrogen-bond donors (Lipinski definition) is 2. The van der Waals surface area contributed by atoms with Gasteiger partial charge in [0.15, 0.2) is 11.6 Å². The Hall–Kier alpha value is -3.31. The summed E-state index contributed by atoms with van der Waals surface area (Å²) in [5, 5.41) is 14.5. The average Bonchev–Trinajstić information content (AvgIpc) is 3.29. The molecule has 148 valence electrons. The van der Waals surface area contributed by atoms with Crippen LogP contribution in [0.4, 0.5) is 30.8 Å². The fourth-order valence-corrected chi connectivity index (χ4v) is 3.04. The molecular formula is C16H17F3N8O. The molecule has 0 saturated carbocycles. The molecule has 0 atom stereocenters. The van der Waals surface area contributed by atoms with Gasteiger partial charge in [-0.05, 0) is 19.1 Å². The van der Waals surface area contributed by atoms with Gasteiger partial charge in [0.05, 0.1) is 0 Å². The van der Waals surface area contributed by atoms with Crippen molar-refractivity contribution in [2.24, 2.45) is 0 Å². The molecule has 3 aromatic rings. The van der Waals surface area contributed by atoms with Gasteiger partial charge in [-0.25, -0.2) is 4.52 Å². The lowest BCUT2D eigenvalue weighted by Crippen LogP contribution is -2.52. The molecular weight excluding hydrogens is 377 g/mol. The van der Waals surface area contributed by atoms with Crippen LogP contribution >= 0.6 is 0 Å². The van der Waals surface area contributed by atoms with E-state index in [1.165, 1.54) is 0 Å². The number of nitrogens with one attached hydrogen (secondary N) is 2. The molecule has 0 bridgehead atoms. The van der Waals surface area contributed by atoms with E-state index in [1.807, 2.05) is 25.1 Å². The summed E-state index contributed by atoms with van der Waals surface area (Å²) in [6, 6.07) is 5.48. The molecule has 0 spiro atoms. The molecule has 4 heterocycles. The number of nitrogens with zero attached hydrogens (tertiary/aromatic N) is 6. The average molecular weight is 394 g/mol. The molecule has 0 aliphatic carbocycles. The molecule has 1 saturated heterocycles. The van der Waals surface area contributed by atoms with E-state index >= 15 is 0 Å². The zero-order valence-electron chi connectivity index (χ0n) is 14.9. The topological polar surface area (TPSA) is 94.5 Å². The number of amides is 1. The van der Waals surface area contributed by atoms with E-state index in [-0.39, 0.29) is 26.2 Å². The summed E-state index contributed by atoms with van der Waals surface area (Å²) in [7, 11) is 0. The Morgan fingerprint density at radius 3 is 2.64 bits per heavy atom. The first kappa shape index (κ1) is 18.1. The van der Waals surface area contributed by atoms with E-state index in [4.69, 9.17) is 0 Å². The first-order valence-electron chi connectivity index (χ1n) is 8.57. The van der Waals surface area contributed by atoms with E-state index in [1.54, 1.807) is 15.6 Å². The number of anilines is 3. The fourth-order valence-electron chi connectivity index (χ4n) is 3.04. The van der Waals surface area contributed by atoms with Crippen LogP contribution in [0, 0.1) is 6.92 Å². The summed E-state index contributed by atoms with van der Waals surface area (Å²) < 4.78 is 39.5. The smallest absolute Gasteiger partial charge is 0.336 e. The minimum atomic E-state index is -4.86. The summed E-state index contributed by atoms with van der Waals surface area (Å²) in [6.07, 6.45) is -3.10. The maximum Gasteiger partial charge on any atom is 0.471 e. The van der Waals surface area contributed by atoms with Crippen molar-refractivity contribution in [3.8, 4) is 0 Å². The quantitative estimate of drug-likeness (QED) is 0.703. The first-order valence-corrected chi connectivity index (χ1v) is 8.57. The highest BCUT2D eigenvalue weighted by atomic mass is 19.4. The second-order valence-corrected chi connectivity index (χ2v) is 6.44. The number of halogens is 3. The number of alkyl halides is 3. The molecule has 9 nitrogen and oxygen atoms in total. The molecule has 4 rings (SSSR count). The molecule has 1 aliphatic heterocycles. The van der Waals surface area contributed by atoms with Gasteiger partial charge in [-0.1, -0.05) is 0 Å². The lowest BCUT2D eigenvalue weighted by atomic mass is 10.3. The lowest BCUT2D eigenvalue weighted by molar-refractivity contribution is -0.185. The van der Waals surface area contributed by atoms with Crippen LogP contribution in [0.2, 0.25) is 0 Å². The highest BCUT2D eigenvalue weighted by molar-refractivity contribution is 5.82. The Balaban J connectivity index is 1.55. The summed E-state index contributed by atoms with van der Waals surface area (Å²) >= 11 is 0. The molecule has 2 N–H and O–H groups in total. The molecule has 28 heavy (non-hydrogen) atoms.